The van der Waals surface area contributed by atoms with Crippen LogP contribution in [0.25, 0.3) is 5.57 Å². The summed E-state index contributed by atoms with van der Waals surface area (Å²) in [7, 11) is 0. The number of carbonyl (C=O) groups is 2. The van der Waals surface area contributed by atoms with E-state index in [9.17, 15) is 14.0 Å². The number of amides is 2. The first-order chi connectivity index (χ1) is 14.6. The van der Waals surface area contributed by atoms with Crippen LogP contribution in [0.4, 0.5) is 15.8 Å². The minimum Gasteiger partial charge on any atom is -0.372 e. The summed E-state index contributed by atoms with van der Waals surface area (Å²) >= 11 is 0. The summed E-state index contributed by atoms with van der Waals surface area (Å²) in [5, 5.41) is 3.16. The zero-order valence-electron chi connectivity index (χ0n) is 17.2. The van der Waals surface area contributed by atoms with E-state index in [1.807, 2.05) is 31.2 Å². The Morgan fingerprint density at radius 1 is 0.900 bits per heavy atom. The van der Waals surface area contributed by atoms with Gasteiger partial charge in [0.1, 0.15) is 11.5 Å². The second kappa shape index (κ2) is 8.69. The highest BCUT2D eigenvalue weighted by Gasteiger charge is 2.38. The molecule has 2 aliphatic rings. The largest absolute Gasteiger partial charge is 0.372 e. The van der Waals surface area contributed by atoms with E-state index in [4.69, 9.17) is 0 Å². The number of nitrogens with one attached hydrogen (secondary N) is 1. The summed E-state index contributed by atoms with van der Waals surface area (Å²) in [6, 6.07) is 13.6. The number of carbonyl (C=O) groups excluding carboxylic acids is 2. The van der Waals surface area contributed by atoms with Crippen LogP contribution in [0.1, 0.15) is 38.2 Å². The predicted molar refractivity (Wildman–Crippen MR) is 116 cm³/mol. The SMILES string of the molecule is CCCN1C(=O)C(Nc2ccc(N3CCCCC3)cc2)=C(c2ccc(F)cc2)C1=O. The fourth-order valence-electron chi connectivity index (χ4n) is 4.06. The Labute approximate surface area is 176 Å². The summed E-state index contributed by atoms with van der Waals surface area (Å²) < 4.78 is 13.4. The Balaban J connectivity index is 1.63. The summed E-state index contributed by atoms with van der Waals surface area (Å²) in [6.45, 7) is 4.39. The van der Waals surface area contributed by atoms with Gasteiger partial charge < -0.3 is 10.2 Å². The predicted octanol–water partition coefficient (Wildman–Crippen LogP) is 4.42. The average molecular weight is 407 g/mol. The van der Waals surface area contributed by atoms with Crippen molar-refractivity contribution < 1.29 is 14.0 Å². The van der Waals surface area contributed by atoms with Crippen molar-refractivity contribution in [2.24, 2.45) is 0 Å². The van der Waals surface area contributed by atoms with Gasteiger partial charge in [0.05, 0.1) is 5.57 Å². The van der Waals surface area contributed by atoms with Crippen LogP contribution >= 0.6 is 0 Å². The van der Waals surface area contributed by atoms with Crippen LogP contribution in [-0.2, 0) is 9.59 Å². The molecule has 156 valence electrons. The van der Waals surface area contributed by atoms with Crippen molar-refractivity contribution in [3.8, 4) is 0 Å². The molecule has 2 heterocycles. The molecule has 0 unspecified atom stereocenters. The van der Waals surface area contributed by atoms with Crippen molar-refractivity contribution in [3.63, 3.8) is 0 Å². The molecule has 0 aliphatic carbocycles. The van der Waals surface area contributed by atoms with Gasteiger partial charge >= 0.3 is 0 Å². The number of hydrogen-bond donors (Lipinski definition) is 1. The topological polar surface area (TPSA) is 52.7 Å². The molecule has 2 aliphatic heterocycles. The number of halogens is 1. The molecule has 0 aromatic heterocycles. The summed E-state index contributed by atoms with van der Waals surface area (Å²) in [5.74, 6) is -1.08. The minimum atomic E-state index is -0.385. The van der Waals surface area contributed by atoms with Crippen LogP contribution in [0.3, 0.4) is 0 Å². The van der Waals surface area contributed by atoms with E-state index in [0.29, 0.717) is 18.5 Å². The van der Waals surface area contributed by atoms with Gasteiger partial charge in [-0.1, -0.05) is 19.1 Å². The lowest BCUT2D eigenvalue weighted by molar-refractivity contribution is -0.136. The first-order valence-electron chi connectivity index (χ1n) is 10.6. The van der Waals surface area contributed by atoms with Crippen molar-refractivity contribution in [1.82, 2.24) is 4.90 Å². The molecule has 0 spiro atoms. The van der Waals surface area contributed by atoms with E-state index in [0.717, 1.165) is 24.5 Å². The number of hydrogen-bond acceptors (Lipinski definition) is 4. The maximum absolute atomic E-state index is 13.4. The third-order valence-corrected chi connectivity index (χ3v) is 5.61. The molecule has 30 heavy (non-hydrogen) atoms. The number of piperidine rings is 1. The zero-order valence-corrected chi connectivity index (χ0v) is 17.2. The van der Waals surface area contributed by atoms with E-state index in [1.54, 1.807) is 0 Å². The highest BCUT2D eigenvalue weighted by Crippen LogP contribution is 2.31. The van der Waals surface area contributed by atoms with Crippen molar-refractivity contribution in [1.29, 1.82) is 0 Å². The van der Waals surface area contributed by atoms with Crippen molar-refractivity contribution >= 4 is 28.8 Å². The summed E-state index contributed by atoms with van der Waals surface area (Å²) in [6.07, 6.45) is 4.36. The fourth-order valence-corrected chi connectivity index (χ4v) is 4.06. The fraction of sp³-hybridized carbons (Fsp3) is 0.333. The maximum Gasteiger partial charge on any atom is 0.278 e. The minimum absolute atomic E-state index is 0.241. The standard InChI is InChI=1S/C24H26FN3O2/c1-2-14-28-23(29)21(17-6-8-18(25)9-7-17)22(24(28)30)26-19-10-12-20(13-11-19)27-15-4-3-5-16-27/h6-13,26H,2-5,14-16H2,1H3. The molecule has 1 saturated heterocycles. The number of rotatable bonds is 6. The molecule has 4 rings (SSSR count). The van der Waals surface area contributed by atoms with Gasteiger partial charge in [0.15, 0.2) is 0 Å². The smallest absolute Gasteiger partial charge is 0.278 e. The summed E-state index contributed by atoms with van der Waals surface area (Å²) in [4.78, 5) is 29.6. The van der Waals surface area contributed by atoms with E-state index in [1.165, 1.54) is 48.4 Å². The molecule has 2 aromatic carbocycles. The highest BCUT2D eigenvalue weighted by molar-refractivity contribution is 6.36. The molecule has 5 nitrogen and oxygen atoms in total. The maximum atomic E-state index is 13.4. The first-order valence-corrected chi connectivity index (χ1v) is 10.6. The molecular formula is C24H26FN3O2. The Kier molecular flexibility index (Phi) is 5.84. The van der Waals surface area contributed by atoms with Gasteiger partial charge in [-0.15, -0.1) is 0 Å². The lowest BCUT2D eigenvalue weighted by Gasteiger charge is -2.28. The van der Waals surface area contributed by atoms with Crippen LogP contribution < -0.4 is 10.2 Å². The van der Waals surface area contributed by atoms with Gasteiger partial charge in [0.2, 0.25) is 0 Å². The third-order valence-electron chi connectivity index (χ3n) is 5.61. The first kappa shape index (κ1) is 20.1. The Hall–Kier alpha value is -3.15. The number of benzene rings is 2. The quantitative estimate of drug-likeness (QED) is 0.721. The van der Waals surface area contributed by atoms with Gasteiger partial charge in [0.25, 0.3) is 11.8 Å². The Morgan fingerprint density at radius 2 is 1.57 bits per heavy atom. The van der Waals surface area contributed by atoms with E-state index in [-0.39, 0.29) is 28.9 Å². The second-order valence-corrected chi connectivity index (χ2v) is 7.74. The van der Waals surface area contributed by atoms with Crippen molar-refractivity contribution in [2.45, 2.75) is 32.6 Å². The van der Waals surface area contributed by atoms with Crippen LogP contribution in [0, 0.1) is 5.82 Å². The molecule has 1 N–H and O–H groups in total. The number of nitrogens with zero attached hydrogens (tertiary/aromatic N) is 2. The monoisotopic (exact) mass is 407 g/mol. The molecule has 6 heteroatoms. The molecule has 0 bridgehead atoms. The molecule has 0 atom stereocenters. The van der Waals surface area contributed by atoms with Crippen molar-refractivity contribution in [2.75, 3.05) is 29.9 Å². The average Bonchev–Trinajstić information content (AvgIpc) is 3.00. The van der Waals surface area contributed by atoms with Gasteiger partial charge in [-0.3, -0.25) is 14.5 Å². The van der Waals surface area contributed by atoms with Gasteiger partial charge in [0, 0.05) is 31.0 Å². The number of anilines is 2. The van der Waals surface area contributed by atoms with Crippen LogP contribution in [-0.4, -0.2) is 36.3 Å². The Morgan fingerprint density at radius 3 is 2.20 bits per heavy atom. The third kappa shape index (κ3) is 3.95. The van der Waals surface area contributed by atoms with Gasteiger partial charge in [-0.05, 0) is 67.6 Å². The lowest BCUT2D eigenvalue weighted by atomic mass is 10.0. The summed E-state index contributed by atoms with van der Waals surface area (Å²) in [5.41, 5.74) is 2.96. The van der Waals surface area contributed by atoms with Crippen LogP contribution in [0.15, 0.2) is 54.2 Å². The van der Waals surface area contributed by atoms with Gasteiger partial charge in [-0.25, -0.2) is 4.39 Å². The van der Waals surface area contributed by atoms with E-state index >= 15 is 0 Å². The number of imide groups is 1. The lowest BCUT2D eigenvalue weighted by Crippen LogP contribution is -2.33. The second-order valence-electron chi connectivity index (χ2n) is 7.74. The Bertz CT molecular complexity index is 961. The van der Waals surface area contributed by atoms with E-state index in [2.05, 4.69) is 10.2 Å². The normalized spacial score (nSPS) is 17.1. The van der Waals surface area contributed by atoms with Crippen LogP contribution in [0.2, 0.25) is 0 Å². The highest BCUT2D eigenvalue weighted by atomic mass is 19.1. The molecule has 2 aromatic rings. The molecule has 1 fully saturated rings. The zero-order chi connectivity index (χ0) is 21.1. The van der Waals surface area contributed by atoms with E-state index < -0.39 is 0 Å². The molecule has 2 amide bonds. The molecule has 0 radical (unpaired) electrons. The van der Waals surface area contributed by atoms with Gasteiger partial charge in [-0.2, -0.15) is 0 Å². The molecular weight excluding hydrogens is 381 g/mol. The van der Waals surface area contributed by atoms with Crippen LogP contribution in [0.5, 0.6) is 0 Å². The van der Waals surface area contributed by atoms with Crippen molar-refractivity contribution in [3.05, 3.63) is 65.6 Å². The molecule has 0 saturated carbocycles.